The van der Waals surface area contributed by atoms with Gasteiger partial charge >= 0.3 is 0 Å². The first-order valence-electron chi connectivity index (χ1n) is 7.49. The second-order valence-electron chi connectivity index (χ2n) is 5.65. The molecule has 7 nitrogen and oxygen atoms in total. The van der Waals surface area contributed by atoms with Crippen LogP contribution in [0.2, 0.25) is 0 Å². The van der Waals surface area contributed by atoms with Gasteiger partial charge in [-0.05, 0) is 6.42 Å². The summed E-state index contributed by atoms with van der Waals surface area (Å²) in [4.78, 5) is 9.87. The minimum Gasteiger partial charge on any atom is -0.310 e. The molecule has 1 N–H and O–H groups in total. The Bertz CT molecular complexity index is 967. The van der Waals surface area contributed by atoms with Crippen molar-refractivity contribution in [2.75, 3.05) is 11.4 Å². The SMILES string of the molecule is Fc1cncc(F)c1C1=Nc2cn[nH]c2-c2cnn3c2N1CCC3. The Morgan fingerprint density at radius 3 is 2.71 bits per heavy atom. The first kappa shape index (κ1) is 13.3. The van der Waals surface area contributed by atoms with Gasteiger partial charge in [0, 0.05) is 13.1 Å². The van der Waals surface area contributed by atoms with E-state index < -0.39 is 11.6 Å². The van der Waals surface area contributed by atoms with Crippen LogP contribution in [0.15, 0.2) is 29.8 Å². The molecule has 0 saturated carbocycles. The van der Waals surface area contributed by atoms with Gasteiger partial charge < -0.3 is 4.90 Å². The van der Waals surface area contributed by atoms with Crippen molar-refractivity contribution >= 4 is 17.3 Å². The van der Waals surface area contributed by atoms with Crippen molar-refractivity contribution in [2.45, 2.75) is 13.0 Å². The number of nitrogens with one attached hydrogen (secondary N) is 1. The van der Waals surface area contributed by atoms with E-state index in [4.69, 9.17) is 0 Å². The molecule has 2 aliphatic heterocycles. The molecule has 3 aromatic heterocycles. The van der Waals surface area contributed by atoms with E-state index in [-0.39, 0.29) is 11.4 Å². The predicted molar refractivity (Wildman–Crippen MR) is 82.1 cm³/mol. The molecule has 0 radical (unpaired) electrons. The lowest BCUT2D eigenvalue weighted by molar-refractivity contribution is 0.542. The number of halogens is 2. The van der Waals surface area contributed by atoms with E-state index in [1.54, 1.807) is 11.1 Å². The third kappa shape index (κ3) is 1.69. The fourth-order valence-corrected chi connectivity index (χ4v) is 3.25. The van der Waals surface area contributed by atoms with Crippen LogP contribution in [0, 0.1) is 11.6 Å². The highest BCUT2D eigenvalue weighted by Gasteiger charge is 2.33. The molecular formula is C15H11F2N7. The molecule has 5 heterocycles. The summed E-state index contributed by atoms with van der Waals surface area (Å²) in [6.07, 6.45) is 6.04. The van der Waals surface area contributed by atoms with E-state index in [0.29, 0.717) is 17.9 Å². The van der Waals surface area contributed by atoms with Crippen LogP contribution in [0.25, 0.3) is 11.3 Å². The van der Waals surface area contributed by atoms with Gasteiger partial charge in [0.05, 0.1) is 41.6 Å². The molecule has 5 rings (SSSR count). The maximum Gasteiger partial charge on any atom is 0.155 e. The van der Waals surface area contributed by atoms with E-state index in [2.05, 4.69) is 25.3 Å². The van der Waals surface area contributed by atoms with Gasteiger partial charge in [-0.2, -0.15) is 10.2 Å². The Kier molecular flexibility index (Phi) is 2.61. The molecule has 24 heavy (non-hydrogen) atoms. The van der Waals surface area contributed by atoms with Crippen molar-refractivity contribution in [3.05, 3.63) is 42.0 Å². The zero-order valence-electron chi connectivity index (χ0n) is 12.4. The number of aliphatic imine (C=N–C) groups is 1. The first-order chi connectivity index (χ1) is 11.7. The maximum atomic E-state index is 14.3. The average molecular weight is 327 g/mol. The summed E-state index contributed by atoms with van der Waals surface area (Å²) in [5, 5.41) is 11.3. The molecule has 0 aromatic carbocycles. The van der Waals surface area contributed by atoms with Crippen LogP contribution in [-0.2, 0) is 6.54 Å². The van der Waals surface area contributed by atoms with Crippen LogP contribution in [0.5, 0.6) is 0 Å². The van der Waals surface area contributed by atoms with Gasteiger partial charge in [-0.15, -0.1) is 0 Å². The van der Waals surface area contributed by atoms with Crippen molar-refractivity contribution < 1.29 is 8.78 Å². The van der Waals surface area contributed by atoms with Crippen LogP contribution >= 0.6 is 0 Å². The molecule has 0 amide bonds. The molecule has 120 valence electrons. The van der Waals surface area contributed by atoms with Gasteiger partial charge in [-0.25, -0.2) is 18.5 Å². The summed E-state index contributed by atoms with van der Waals surface area (Å²) in [6, 6.07) is 0. The standard InChI is InChI=1S/C15H11F2N7/c16-9-5-18-6-10(17)12(9)14-21-11-7-19-22-13(11)8-4-20-24-3-1-2-23(14)15(8)24/h4-7H,1-3H2,(H,19,22). The third-order valence-electron chi connectivity index (χ3n) is 4.27. The minimum absolute atomic E-state index is 0.195. The van der Waals surface area contributed by atoms with Crippen molar-refractivity contribution in [3.8, 4) is 11.3 Å². The maximum absolute atomic E-state index is 14.3. The zero-order valence-corrected chi connectivity index (χ0v) is 12.4. The minimum atomic E-state index is -0.751. The number of aromatic nitrogens is 5. The van der Waals surface area contributed by atoms with Crippen molar-refractivity contribution in [2.24, 2.45) is 4.99 Å². The summed E-state index contributed by atoms with van der Waals surface area (Å²) in [7, 11) is 0. The lowest BCUT2D eigenvalue weighted by Gasteiger charge is -2.30. The van der Waals surface area contributed by atoms with Crippen molar-refractivity contribution in [1.82, 2.24) is 25.0 Å². The molecule has 2 aliphatic rings. The van der Waals surface area contributed by atoms with Gasteiger partial charge in [0.15, 0.2) is 11.6 Å². The van der Waals surface area contributed by atoms with Crippen LogP contribution in [0.3, 0.4) is 0 Å². The Hall–Kier alpha value is -3.10. The number of H-pyrrole nitrogens is 1. The molecule has 0 aliphatic carbocycles. The highest BCUT2D eigenvalue weighted by atomic mass is 19.1. The number of amidine groups is 1. The van der Waals surface area contributed by atoms with Crippen LogP contribution in [-0.4, -0.2) is 37.3 Å². The molecule has 9 heteroatoms. The van der Waals surface area contributed by atoms with Gasteiger partial charge in [0.1, 0.15) is 17.3 Å². The number of hydrogen-bond acceptors (Lipinski definition) is 5. The monoisotopic (exact) mass is 327 g/mol. The van der Waals surface area contributed by atoms with Crippen LogP contribution < -0.4 is 4.90 Å². The fraction of sp³-hybridized carbons (Fsp3) is 0.200. The molecule has 0 bridgehead atoms. The number of rotatable bonds is 1. The van der Waals surface area contributed by atoms with E-state index in [1.165, 1.54) is 6.20 Å². The van der Waals surface area contributed by atoms with Gasteiger partial charge in [-0.1, -0.05) is 0 Å². The van der Waals surface area contributed by atoms with E-state index in [0.717, 1.165) is 36.7 Å². The summed E-state index contributed by atoms with van der Waals surface area (Å²) < 4.78 is 30.5. The lowest BCUT2D eigenvalue weighted by Crippen LogP contribution is -2.39. The second-order valence-corrected chi connectivity index (χ2v) is 5.65. The van der Waals surface area contributed by atoms with Crippen LogP contribution in [0.4, 0.5) is 20.3 Å². The number of fused-ring (bicyclic) bond motifs is 2. The van der Waals surface area contributed by atoms with Gasteiger partial charge in [-0.3, -0.25) is 10.1 Å². The predicted octanol–water partition coefficient (Wildman–Crippen LogP) is 2.25. The molecule has 0 unspecified atom stereocenters. The van der Waals surface area contributed by atoms with Gasteiger partial charge in [0.2, 0.25) is 0 Å². The average Bonchev–Trinajstić information content (AvgIpc) is 3.17. The number of hydrogen-bond donors (Lipinski definition) is 1. The van der Waals surface area contributed by atoms with Crippen molar-refractivity contribution in [3.63, 3.8) is 0 Å². The number of nitrogens with zero attached hydrogens (tertiary/aromatic N) is 6. The fourth-order valence-electron chi connectivity index (χ4n) is 3.25. The number of pyridine rings is 1. The molecule has 0 saturated heterocycles. The quantitative estimate of drug-likeness (QED) is 0.744. The lowest BCUT2D eigenvalue weighted by atomic mass is 10.1. The van der Waals surface area contributed by atoms with E-state index in [9.17, 15) is 8.78 Å². The highest BCUT2D eigenvalue weighted by molar-refractivity contribution is 6.14. The molecule has 0 fully saturated rings. The largest absolute Gasteiger partial charge is 0.310 e. The molecular weight excluding hydrogens is 316 g/mol. The van der Waals surface area contributed by atoms with Crippen molar-refractivity contribution in [1.29, 1.82) is 0 Å². The Morgan fingerprint density at radius 2 is 1.88 bits per heavy atom. The van der Waals surface area contributed by atoms with E-state index >= 15 is 0 Å². The van der Waals surface area contributed by atoms with E-state index in [1.807, 2.05) is 4.68 Å². The zero-order chi connectivity index (χ0) is 16.3. The normalized spacial score (nSPS) is 15.6. The highest BCUT2D eigenvalue weighted by Crippen LogP contribution is 2.41. The number of aromatic amines is 1. The molecule has 3 aromatic rings. The van der Waals surface area contributed by atoms with Gasteiger partial charge in [0.25, 0.3) is 0 Å². The van der Waals surface area contributed by atoms with Crippen LogP contribution in [0.1, 0.15) is 12.0 Å². The summed E-state index contributed by atoms with van der Waals surface area (Å²) >= 11 is 0. The second kappa shape index (κ2) is 4.70. The number of aryl methyl sites for hydroxylation is 1. The number of anilines is 1. The smallest absolute Gasteiger partial charge is 0.155 e. The first-order valence-corrected chi connectivity index (χ1v) is 7.49. The molecule has 0 atom stereocenters. The third-order valence-corrected chi connectivity index (χ3v) is 4.27. The molecule has 0 spiro atoms. The summed E-state index contributed by atoms with van der Waals surface area (Å²) in [5.41, 5.74) is 1.83. The Labute approximate surface area is 134 Å². The topological polar surface area (TPSA) is 75.0 Å². The summed E-state index contributed by atoms with van der Waals surface area (Å²) in [6.45, 7) is 1.33. The Balaban J connectivity index is 1.84. The Morgan fingerprint density at radius 1 is 1.04 bits per heavy atom. The summed E-state index contributed by atoms with van der Waals surface area (Å²) in [5.74, 6) is -0.536.